The standard InChI is InChI=1S/C16H15F2N3O3S/c1-22-13-5-6-19-12(14(13)23-2)8-25-16-20-10-4-3-9(24-15(17)18)7-11(10)21-16/h3-7,15H,8H2,1-2H3,(H,20,21)/i1D3,2D,5D,6D,8D2. The smallest absolute Gasteiger partial charge is 0.387 e. The van der Waals surface area contributed by atoms with Gasteiger partial charge >= 0.3 is 6.61 Å². The number of H-pyrrole nitrogens is 1. The van der Waals surface area contributed by atoms with Crippen LogP contribution in [0.25, 0.3) is 11.0 Å². The van der Waals surface area contributed by atoms with Gasteiger partial charge in [0.1, 0.15) is 5.75 Å². The van der Waals surface area contributed by atoms with E-state index in [1.54, 1.807) is 0 Å². The molecule has 0 radical (unpaired) electrons. The average molecular weight is 375 g/mol. The number of methoxy groups -OCH3 is 2. The van der Waals surface area contributed by atoms with Gasteiger partial charge in [-0.15, -0.1) is 0 Å². The third kappa shape index (κ3) is 3.93. The molecule has 0 aliphatic heterocycles. The zero-order valence-corrected chi connectivity index (χ0v) is 13.1. The van der Waals surface area contributed by atoms with Crippen LogP contribution >= 0.6 is 11.8 Å². The predicted octanol–water partition coefficient (Wildman–Crippen LogP) is 3.87. The number of benzene rings is 1. The number of aromatic nitrogens is 3. The number of alkyl halides is 2. The first-order valence-electron chi connectivity index (χ1n) is 10.8. The summed E-state index contributed by atoms with van der Waals surface area (Å²) in [6.07, 6.45) is -0.774. The van der Waals surface area contributed by atoms with E-state index in [0.717, 1.165) is 0 Å². The van der Waals surface area contributed by atoms with Gasteiger partial charge in [0.25, 0.3) is 0 Å². The lowest BCUT2D eigenvalue weighted by molar-refractivity contribution is -0.0497. The first kappa shape index (κ1) is 9.81. The van der Waals surface area contributed by atoms with E-state index in [-0.39, 0.29) is 16.4 Å². The molecule has 0 saturated carbocycles. The summed E-state index contributed by atoms with van der Waals surface area (Å²) in [5.41, 5.74) is -2.52. The van der Waals surface area contributed by atoms with E-state index in [4.69, 9.17) is 20.4 Å². The summed E-state index contributed by atoms with van der Waals surface area (Å²) in [6.45, 7) is -3.03. The van der Waals surface area contributed by atoms with Crippen molar-refractivity contribution in [2.45, 2.75) is 17.5 Å². The fraction of sp³-hybridized carbons (Fsp3) is 0.250. The number of nitrogens with zero attached hydrogens (tertiary/aromatic N) is 2. The molecule has 3 aromatic rings. The van der Waals surface area contributed by atoms with Crippen LogP contribution in [-0.2, 0) is 5.70 Å². The summed E-state index contributed by atoms with van der Waals surface area (Å²) in [6, 6.07) is 3.14. The van der Waals surface area contributed by atoms with Crippen molar-refractivity contribution in [3.63, 3.8) is 0 Å². The number of hydrogen-bond acceptors (Lipinski definition) is 6. The molecule has 0 spiro atoms. The van der Waals surface area contributed by atoms with Gasteiger partial charge in [0.15, 0.2) is 16.7 Å². The number of imidazole rings is 1. The molecule has 1 N–H and O–H groups in total. The molecule has 6 nitrogen and oxygen atoms in total. The van der Waals surface area contributed by atoms with Crippen molar-refractivity contribution >= 4 is 22.8 Å². The normalized spacial score (nSPS) is 16.8. The minimum atomic E-state index is -3.04. The highest BCUT2D eigenvalue weighted by atomic mass is 32.2. The molecule has 0 amide bonds. The average Bonchev–Trinajstić information content (AvgIpc) is 3.06. The van der Waals surface area contributed by atoms with Crippen LogP contribution in [0.3, 0.4) is 0 Å². The lowest BCUT2D eigenvalue weighted by Crippen LogP contribution is -2.01. The van der Waals surface area contributed by atoms with Crippen LogP contribution in [-0.4, -0.2) is 35.7 Å². The molecule has 0 aliphatic rings. The summed E-state index contributed by atoms with van der Waals surface area (Å²) in [5, 5.41) is -0.0115. The highest BCUT2D eigenvalue weighted by Crippen LogP contribution is 2.33. The number of aromatic amines is 1. The van der Waals surface area contributed by atoms with Crippen molar-refractivity contribution in [3.05, 3.63) is 36.1 Å². The molecule has 0 unspecified atom stereocenters. The summed E-state index contributed by atoms with van der Waals surface area (Å²) in [7, 11) is -3.82. The molecule has 25 heavy (non-hydrogen) atoms. The lowest BCUT2D eigenvalue weighted by Gasteiger charge is -2.10. The molecule has 2 heterocycles. The molecule has 0 atom stereocenters. The van der Waals surface area contributed by atoms with Gasteiger partial charge in [-0.1, -0.05) is 11.8 Å². The zero-order chi connectivity index (χ0) is 24.6. The minimum absolute atomic E-state index is 0.0115. The maximum Gasteiger partial charge on any atom is 0.387 e. The van der Waals surface area contributed by atoms with Gasteiger partial charge in [-0.3, -0.25) is 4.98 Å². The van der Waals surface area contributed by atoms with E-state index in [9.17, 15) is 8.78 Å². The molecular weight excluding hydrogens is 352 g/mol. The van der Waals surface area contributed by atoms with Crippen molar-refractivity contribution < 1.29 is 34.0 Å². The number of halogens is 2. The van der Waals surface area contributed by atoms with Crippen molar-refractivity contribution in [3.8, 4) is 17.2 Å². The Labute approximate surface area is 157 Å². The summed E-state index contributed by atoms with van der Waals surface area (Å²) in [4.78, 5) is 10.6. The Bertz CT molecular complexity index is 1160. The number of hydrogen-bond donors (Lipinski definition) is 1. The molecule has 132 valence electrons. The van der Waals surface area contributed by atoms with Gasteiger partial charge in [-0.2, -0.15) is 8.78 Å². The number of nitrogens with one attached hydrogen (secondary N) is 1. The van der Waals surface area contributed by atoms with Crippen LogP contribution in [0, 0.1) is 0 Å². The van der Waals surface area contributed by atoms with Gasteiger partial charge in [-0.25, -0.2) is 4.98 Å². The van der Waals surface area contributed by atoms with Gasteiger partial charge in [0.05, 0.1) is 39.1 Å². The molecule has 3 rings (SSSR count). The van der Waals surface area contributed by atoms with Crippen LogP contribution in [0.15, 0.2) is 35.6 Å². The van der Waals surface area contributed by atoms with Gasteiger partial charge in [-0.05, 0) is 12.1 Å². The number of fused-ring (bicyclic) bond motifs is 1. The number of pyridine rings is 1. The highest BCUT2D eigenvalue weighted by molar-refractivity contribution is 7.98. The van der Waals surface area contributed by atoms with E-state index in [0.29, 0.717) is 17.3 Å². The predicted molar refractivity (Wildman–Crippen MR) is 89.6 cm³/mol. The maximum absolute atomic E-state index is 12.4. The number of thioether (sulfide) groups is 1. The molecule has 0 bridgehead atoms. The van der Waals surface area contributed by atoms with Crippen molar-refractivity contribution in [2.24, 2.45) is 0 Å². The first-order chi connectivity index (χ1) is 15.3. The van der Waals surface area contributed by atoms with E-state index < -0.39 is 55.8 Å². The summed E-state index contributed by atoms with van der Waals surface area (Å²) in [5.74, 6) is -1.49. The van der Waals surface area contributed by atoms with Crippen LogP contribution in [0.1, 0.15) is 16.7 Å². The first-order valence-corrected chi connectivity index (χ1v) is 7.38. The van der Waals surface area contributed by atoms with Crippen LogP contribution in [0.5, 0.6) is 17.2 Å². The lowest BCUT2D eigenvalue weighted by atomic mass is 10.3. The quantitative estimate of drug-likeness (QED) is 0.632. The highest BCUT2D eigenvalue weighted by Gasteiger charge is 2.13. The van der Waals surface area contributed by atoms with Gasteiger partial charge in [0.2, 0.25) is 0 Å². The topological polar surface area (TPSA) is 69.3 Å². The molecule has 0 saturated heterocycles. The Morgan fingerprint density at radius 2 is 2.36 bits per heavy atom. The molecular formula is C16H15F2N3O3S. The number of ether oxygens (including phenoxy) is 3. The number of rotatable bonds is 7. The van der Waals surface area contributed by atoms with Crippen LogP contribution in [0.4, 0.5) is 8.78 Å². The molecule has 0 aliphatic carbocycles. The summed E-state index contributed by atoms with van der Waals surface area (Å²) < 4.78 is 101. The van der Waals surface area contributed by atoms with Gasteiger partial charge in [0, 0.05) is 26.7 Å². The Hall–Kier alpha value is -2.55. The van der Waals surface area contributed by atoms with E-state index in [2.05, 4.69) is 19.7 Å². The fourth-order valence-electron chi connectivity index (χ4n) is 1.91. The van der Waals surface area contributed by atoms with Crippen molar-refractivity contribution in [2.75, 3.05) is 14.1 Å². The third-order valence-corrected chi connectivity index (χ3v) is 3.59. The molecule has 1 aromatic carbocycles. The minimum Gasteiger partial charge on any atom is -0.493 e. The van der Waals surface area contributed by atoms with E-state index >= 15 is 0 Å². The van der Waals surface area contributed by atoms with E-state index in [1.165, 1.54) is 18.2 Å². The Balaban J connectivity index is 2.02. The molecule has 2 aromatic heterocycles. The molecule has 0 fully saturated rings. The SMILES string of the molecule is [2H]COc1c(C([2H])([2H])Sc2nc3ccc(OC(F)F)cc3[nH]2)nc([2H])c([2H])c1OC([2H])([2H])[2H]. The van der Waals surface area contributed by atoms with Crippen LogP contribution < -0.4 is 14.2 Å². The second-order valence-corrected chi connectivity index (χ2v) is 5.20. The Kier molecular flexibility index (Phi) is 2.97. The fourth-order valence-corrected chi connectivity index (χ4v) is 2.55. The summed E-state index contributed by atoms with van der Waals surface area (Å²) >= 11 is 0.459. The zero-order valence-electron chi connectivity index (χ0n) is 20.3. The second kappa shape index (κ2) is 7.56. The van der Waals surface area contributed by atoms with E-state index in [1.807, 2.05) is 0 Å². The molecule has 9 heteroatoms. The largest absolute Gasteiger partial charge is 0.493 e. The second-order valence-electron chi connectivity index (χ2n) is 4.41. The van der Waals surface area contributed by atoms with Gasteiger partial charge < -0.3 is 19.2 Å². The van der Waals surface area contributed by atoms with Crippen molar-refractivity contribution in [1.82, 2.24) is 15.0 Å². The van der Waals surface area contributed by atoms with Crippen LogP contribution in [0.2, 0.25) is 0 Å². The maximum atomic E-state index is 12.4. The monoisotopic (exact) mass is 375 g/mol. The Morgan fingerprint density at radius 3 is 3.16 bits per heavy atom. The van der Waals surface area contributed by atoms with Crippen molar-refractivity contribution in [1.29, 1.82) is 0 Å². The third-order valence-electron chi connectivity index (χ3n) is 2.91. The Morgan fingerprint density at radius 1 is 1.44 bits per heavy atom.